The van der Waals surface area contributed by atoms with Gasteiger partial charge in [-0.3, -0.25) is 9.59 Å². The van der Waals surface area contributed by atoms with E-state index in [1.54, 1.807) is 41.3 Å². The highest BCUT2D eigenvalue weighted by molar-refractivity contribution is 6.42. The number of fused-ring (bicyclic) bond motifs is 1. The van der Waals surface area contributed by atoms with Gasteiger partial charge in [-0.25, -0.2) is 4.39 Å². The van der Waals surface area contributed by atoms with Crippen LogP contribution in [-0.2, 0) is 6.42 Å². The predicted molar refractivity (Wildman–Crippen MR) is 117 cm³/mol. The van der Waals surface area contributed by atoms with E-state index < -0.39 is 0 Å². The molecule has 4 nitrogen and oxygen atoms in total. The lowest BCUT2D eigenvalue weighted by atomic mass is 9.98. The van der Waals surface area contributed by atoms with Crippen molar-refractivity contribution in [3.8, 4) is 0 Å². The number of carbonyl (C=O) groups is 2. The highest BCUT2D eigenvalue weighted by Gasteiger charge is 2.24. The molecule has 7 heteroatoms. The Labute approximate surface area is 183 Å². The summed E-state index contributed by atoms with van der Waals surface area (Å²) < 4.78 is 13.2. The van der Waals surface area contributed by atoms with E-state index in [2.05, 4.69) is 5.32 Å². The van der Waals surface area contributed by atoms with Crippen molar-refractivity contribution in [2.24, 2.45) is 0 Å². The number of nitrogens with one attached hydrogen (secondary N) is 1. The van der Waals surface area contributed by atoms with Crippen molar-refractivity contribution < 1.29 is 14.0 Å². The molecule has 0 atom stereocenters. The summed E-state index contributed by atoms with van der Waals surface area (Å²) in [7, 11) is 0. The Bertz CT molecular complexity index is 1130. The molecule has 0 spiro atoms. The lowest BCUT2D eigenvalue weighted by molar-refractivity contribution is 0.0984. The van der Waals surface area contributed by atoms with E-state index in [-0.39, 0.29) is 17.6 Å². The van der Waals surface area contributed by atoms with E-state index in [9.17, 15) is 14.0 Å². The zero-order chi connectivity index (χ0) is 21.3. The monoisotopic (exact) mass is 442 g/mol. The van der Waals surface area contributed by atoms with E-state index >= 15 is 0 Å². The van der Waals surface area contributed by atoms with Crippen LogP contribution in [0.5, 0.6) is 0 Å². The number of rotatable bonds is 3. The Hall–Kier alpha value is -2.89. The third kappa shape index (κ3) is 4.18. The van der Waals surface area contributed by atoms with Crippen LogP contribution in [0.25, 0.3) is 0 Å². The molecule has 0 bridgehead atoms. The second kappa shape index (κ2) is 8.46. The molecule has 152 valence electrons. The summed E-state index contributed by atoms with van der Waals surface area (Å²) in [6, 6.07) is 15.6. The molecule has 0 saturated heterocycles. The van der Waals surface area contributed by atoms with Gasteiger partial charge in [0, 0.05) is 29.0 Å². The Morgan fingerprint density at radius 2 is 1.63 bits per heavy atom. The number of anilines is 2. The van der Waals surface area contributed by atoms with Crippen molar-refractivity contribution in [3.63, 3.8) is 0 Å². The van der Waals surface area contributed by atoms with Crippen LogP contribution >= 0.6 is 23.2 Å². The minimum absolute atomic E-state index is 0.191. The molecule has 0 aliphatic carbocycles. The Balaban J connectivity index is 1.56. The van der Waals surface area contributed by atoms with E-state index in [1.165, 1.54) is 24.3 Å². The quantitative estimate of drug-likeness (QED) is 0.542. The highest BCUT2D eigenvalue weighted by atomic mass is 35.5. The van der Waals surface area contributed by atoms with Crippen LogP contribution in [0.15, 0.2) is 60.7 Å². The van der Waals surface area contributed by atoms with Gasteiger partial charge in [0.2, 0.25) is 0 Å². The fourth-order valence-corrected chi connectivity index (χ4v) is 3.77. The van der Waals surface area contributed by atoms with Gasteiger partial charge in [0.15, 0.2) is 0 Å². The SMILES string of the molecule is O=C(Nc1ccc(Cl)c(Cl)c1)c1ccc2c(c1)CCCN2C(=O)c1ccc(F)cc1. The van der Waals surface area contributed by atoms with Gasteiger partial charge in [0.25, 0.3) is 11.8 Å². The number of halogens is 3. The number of carbonyl (C=O) groups excluding carboxylic acids is 2. The number of hydrogen-bond donors (Lipinski definition) is 1. The third-order valence-corrected chi connectivity index (χ3v) is 5.71. The Morgan fingerprint density at radius 3 is 2.37 bits per heavy atom. The van der Waals surface area contributed by atoms with Gasteiger partial charge in [0.05, 0.1) is 10.0 Å². The summed E-state index contributed by atoms with van der Waals surface area (Å²) >= 11 is 11.9. The van der Waals surface area contributed by atoms with Crippen LogP contribution in [-0.4, -0.2) is 18.4 Å². The molecule has 2 amide bonds. The first-order valence-corrected chi connectivity index (χ1v) is 10.1. The average Bonchev–Trinajstić information content (AvgIpc) is 2.75. The maximum absolute atomic E-state index is 13.2. The first-order chi connectivity index (χ1) is 14.4. The standard InChI is InChI=1S/C23H17Cl2FN2O2/c24-19-9-8-18(13-20(19)25)27-22(29)16-5-10-21-15(12-16)2-1-11-28(21)23(30)14-3-6-17(26)7-4-14/h3-10,12-13H,1-2,11H2,(H,27,29). The predicted octanol–water partition coefficient (Wildman–Crippen LogP) is 5.98. The van der Waals surface area contributed by atoms with Gasteiger partial charge in [0.1, 0.15) is 5.82 Å². The van der Waals surface area contributed by atoms with Gasteiger partial charge in [-0.1, -0.05) is 23.2 Å². The first kappa shape index (κ1) is 20.4. The Kier molecular flexibility index (Phi) is 5.75. The normalized spacial score (nSPS) is 13.0. The van der Waals surface area contributed by atoms with E-state index in [4.69, 9.17) is 23.2 Å². The second-order valence-corrected chi connectivity index (χ2v) is 7.81. The van der Waals surface area contributed by atoms with Crippen molar-refractivity contribution in [2.45, 2.75) is 12.8 Å². The molecule has 0 radical (unpaired) electrons. The molecule has 1 aliphatic rings. The molecule has 0 unspecified atom stereocenters. The largest absolute Gasteiger partial charge is 0.322 e. The zero-order valence-corrected chi connectivity index (χ0v) is 17.3. The lowest BCUT2D eigenvalue weighted by Crippen LogP contribution is -2.35. The molecule has 0 fully saturated rings. The summed E-state index contributed by atoms with van der Waals surface area (Å²) in [4.78, 5) is 27.2. The average molecular weight is 443 g/mol. The number of benzene rings is 3. The molecule has 30 heavy (non-hydrogen) atoms. The first-order valence-electron chi connectivity index (χ1n) is 9.39. The molecule has 1 heterocycles. The molecule has 0 saturated carbocycles. The van der Waals surface area contributed by atoms with Crippen molar-refractivity contribution in [3.05, 3.63) is 93.2 Å². The fraction of sp³-hybridized carbons (Fsp3) is 0.130. The van der Waals surface area contributed by atoms with Crippen molar-refractivity contribution >= 4 is 46.4 Å². The molecule has 0 aromatic heterocycles. The summed E-state index contributed by atoms with van der Waals surface area (Å²) in [5.74, 6) is -0.856. The van der Waals surface area contributed by atoms with Crippen LogP contribution < -0.4 is 10.2 Å². The van der Waals surface area contributed by atoms with Crippen LogP contribution in [0, 0.1) is 5.82 Å². The number of nitrogens with zero attached hydrogens (tertiary/aromatic N) is 1. The van der Waals surface area contributed by atoms with Crippen LogP contribution in [0.1, 0.15) is 32.7 Å². The summed E-state index contributed by atoms with van der Waals surface area (Å²) in [6.45, 7) is 0.567. The van der Waals surface area contributed by atoms with Gasteiger partial charge >= 0.3 is 0 Å². The molecule has 4 rings (SSSR count). The molecular formula is C23H17Cl2FN2O2. The van der Waals surface area contributed by atoms with E-state index in [0.29, 0.717) is 33.4 Å². The van der Waals surface area contributed by atoms with E-state index in [1.807, 2.05) is 0 Å². The smallest absolute Gasteiger partial charge is 0.258 e. The Morgan fingerprint density at radius 1 is 0.900 bits per heavy atom. The lowest BCUT2D eigenvalue weighted by Gasteiger charge is -2.30. The minimum atomic E-state index is -0.386. The second-order valence-electron chi connectivity index (χ2n) is 6.99. The van der Waals surface area contributed by atoms with Gasteiger partial charge in [-0.15, -0.1) is 0 Å². The summed E-state index contributed by atoms with van der Waals surface area (Å²) in [6.07, 6.45) is 1.54. The fourth-order valence-electron chi connectivity index (χ4n) is 3.47. The maximum atomic E-state index is 13.2. The molecule has 3 aromatic carbocycles. The van der Waals surface area contributed by atoms with Crippen molar-refractivity contribution in [1.82, 2.24) is 0 Å². The number of hydrogen-bond acceptors (Lipinski definition) is 2. The maximum Gasteiger partial charge on any atom is 0.258 e. The number of aryl methyl sites for hydroxylation is 1. The van der Waals surface area contributed by atoms with Crippen LogP contribution in [0.2, 0.25) is 10.0 Å². The number of amides is 2. The topological polar surface area (TPSA) is 49.4 Å². The highest BCUT2D eigenvalue weighted by Crippen LogP contribution is 2.30. The minimum Gasteiger partial charge on any atom is -0.322 e. The van der Waals surface area contributed by atoms with Gasteiger partial charge in [-0.05, 0) is 79.1 Å². The molecular weight excluding hydrogens is 426 g/mol. The van der Waals surface area contributed by atoms with Gasteiger partial charge in [-0.2, -0.15) is 0 Å². The van der Waals surface area contributed by atoms with Crippen LogP contribution in [0.4, 0.5) is 15.8 Å². The zero-order valence-electron chi connectivity index (χ0n) is 15.8. The van der Waals surface area contributed by atoms with E-state index in [0.717, 1.165) is 24.1 Å². The summed E-state index contributed by atoms with van der Waals surface area (Å²) in [5, 5.41) is 3.57. The molecule has 1 N–H and O–H groups in total. The third-order valence-electron chi connectivity index (χ3n) is 4.97. The van der Waals surface area contributed by atoms with Crippen LogP contribution in [0.3, 0.4) is 0 Å². The summed E-state index contributed by atoms with van der Waals surface area (Å²) in [5.41, 5.74) is 3.13. The molecule has 1 aliphatic heterocycles. The van der Waals surface area contributed by atoms with Crippen molar-refractivity contribution in [1.29, 1.82) is 0 Å². The van der Waals surface area contributed by atoms with Gasteiger partial charge < -0.3 is 10.2 Å². The molecule has 3 aromatic rings. The van der Waals surface area contributed by atoms with Crippen molar-refractivity contribution in [2.75, 3.05) is 16.8 Å².